The topological polar surface area (TPSA) is 35.2 Å². The fraction of sp³-hybridized carbons (Fsp3) is 0.571. The maximum atomic E-state index is 13.2. The largest absolute Gasteiger partial charge is 0.493 e. The van der Waals surface area contributed by atoms with Crippen LogP contribution in [0.1, 0.15) is 25.3 Å². The van der Waals surface area contributed by atoms with Crippen LogP contribution in [0.2, 0.25) is 0 Å². The first-order valence-electron chi connectivity index (χ1n) is 6.33. The predicted octanol–water partition coefficient (Wildman–Crippen LogP) is 3.24. The number of benzene rings is 1. The minimum absolute atomic E-state index is 0.0559. The van der Waals surface area contributed by atoms with Crippen LogP contribution in [-0.4, -0.2) is 24.7 Å². The highest BCUT2D eigenvalue weighted by molar-refractivity contribution is 7.98. The molecule has 0 bridgehead atoms. The van der Waals surface area contributed by atoms with E-state index in [1.165, 1.54) is 12.1 Å². The smallest absolute Gasteiger partial charge is 0.123 e. The highest BCUT2D eigenvalue weighted by Gasteiger charge is 2.09. The van der Waals surface area contributed by atoms with Crippen molar-refractivity contribution in [1.29, 1.82) is 0 Å². The molecule has 1 rings (SSSR count). The molecular formula is C14H22FNOS. The van der Waals surface area contributed by atoms with Crippen LogP contribution in [0.15, 0.2) is 18.2 Å². The first kappa shape index (κ1) is 15.3. The quantitative estimate of drug-likeness (QED) is 0.737. The van der Waals surface area contributed by atoms with Crippen molar-refractivity contribution in [2.75, 3.05) is 18.6 Å². The normalized spacial score (nSPS) is 12.4. The number of halogens is 1. The van der Waals surface area contributed by atoms with Crippen molar-refractivity contribution in [2.24, 2.45) is 5.73 Å². The van der Waals surface area contributed by atoms with Gasteiger partial charge in [0.25, 0.3) is 0 Å². The van der Waals surface area contributed by atoms with E-state index in [1.807, 2.05) is 6.92 Å². The summed E-state index contributed by atoms with van der Waals surface area (Å²) in [5.41, 5.74) is 6.79. The van der Waals surface area contributed by atoms with Gasteiger partial charge in [-0.05, 0) is 55.0 Å². The van der Waals surface area contributed by atoms with Gasteiger partial charge in [0.05, 0.1) is 6.61 Å². The number of nitrogens with two attached hydrogens (primary N) is 1. The lowest BCUT2D eigenvalue weighted by Crippen LogP contribution is -2.22. The summed E-state index contributed by atoms with van der Waals surface area (Å²) in [5.74, 6) is 1.61. The minimum Gasteiger partial charge on any atom is -0.493 e. The zero-order chi connectivity index (χ0) is 13.4. The molecule has 102 valence electrons. The van der Waals surface area contributed by atoms with Crippen molar-refractivity contribution in [2.45, 2.75) is 32.2 Å². The van der Waals surface area contributed by atoms with Gasteiger partial charge in [-0.15, -0.1) is 0 Å². The van der Waals surface area contributed by atoms with E-state index < -0.39 is 0 Å². The monoisotopic (exact) mass is 271 g/mol. The van der Waals surface area contributed by atoms with Gasteiger partial charge in [-0.25, -0.2) is 4.39 Å². The van der Waals surface area contributed by atoms with E-state index in [0.717, 1.165) is 29.9 Å². The molecule has 4 heteroatoms. The number of ether oxygens (including phenoxy) is 1. The number of thioether (sulfide) groups is 1. The number of hydrogen-bond acceptors (Lipinski definition) is 3. The summed E-state index contributed by atoms with van der Waals surface area (Å²) in [7, 11) is 0. The van der Waals surface area contributed by atoms with Gasteiger partial charge in [0, 0.05) is 6.04 Å². The molecule has 1 unspecified atom stereocenters. The summed E-state index contributed by atoms with van der Waals surface area (Å²) < 4.78 is 18.9. The van der Waals surface area contributed by atoms with Gasteiger partial charge in [-0.2, -0.15) is 11.8 Å². The van der Waals surface area contributed by atoms with Gasteiger partial charge in [-0.1, -0.05) is 6.92 Å². The van der Waals surface area contributed by atoms with Crippen LogP contribution in [0.5, 0.6) is 5.75 Å². The third kappa shape index (κ3) is 5.27. The van der Waals surface area contributed by atoms with Gasteiger partial charge in [0.1, 0.15) is 11.6 Å². The summed E-state index contributed by atoms with van der Waals surface area (Å²) in [5, 5.41) is 0. The lowest BCUT2D eigenvalue weighted by molar-refractivity contribution is 0.314. The average Bonchev–Trinajstić information content (AvgIpc) is 2.36. The van der Waals surface area contributed by atoms with E-state index in [4.69, 9.17) is 10.5 Å². The standard InChI is InChI=1S/C14H22FNOS/c1-3-13(16)10-11-9-12(15)5-6-14(11)17-7-4-8-18-2/h5-6,9,13H,3-4,7-8,10,16H2,1-2H3. The van der Waals surface area contributed by atoms with E-state index in [-0.39, 0.29) is 11.9 Å². The highest BCUT2D eigenvalue weighted by Crippen LogP contribution is 2.22. The van der Waals surface area contributed by atoms with Crippen LogP contribution >= 0.6 is 11.8 Å². The summed E-state index contributed by atoms with van der Waals surface area (Å²) in [6.45, 7) is 2.70. The second-order valence-corrected chi connectivity index (χ2v) is 5.30. The van der Waals surface area contributed by atoms with Crippen LogP contribution < -0.4 is 10.5 Å². The van der Waals surface area contributed by atoms with Crippen molar-refractivity contribution in [3.63, 3.8) is 0 Å². The zero-order valence-electron chi connectivity index (χ0n) is 11.1. The van der Waals surface area contributed by atoms with E-state index in [9.17, 15) is 4.39 Å². The average molecular weight is 271 g/mol. The van der Waals surface area contributed by atoms with E-state index in [2.05, 4.69) is 6.26 Å². The molecule has 1 aromatic rings. The Bertz CT molecular complexity index is 360. The number of rotatable bonds is 8. The van der Waals surface area contributed by atoms with Gasteiger partial charge in [0.2, 0.25) is 0 Å². The van der Waals surface area contributed by atoms with Crippen molar-refractivity contribution in [3.05, 3.63) is 29.6 Å². The maximum Gasteiger partial charge on any atom is 0.123 e. The molecule has 0 aromatic heterocycles. The molecule has 0 spiro atoms. The van der Waals surface area contributed by atoms with Crippen LogP contribution in [0.3, 0.4) is 0 Å². The van der Waals surface area contributed by atoms with Crippen molar-refractivity contribution < 1.29 is 9.13 Å². The summed E-state index contributed by atoms with van der Waals surface area (Å²) in [6, 6.07) is 4.72. The van der Waals surface area contributed by atoms with E-state index in [1.54, 1.807) is 17.8 Å². The molecule has 0 radical (unpaired) electrons. The van der Waals surface area contributed by atoms with Crippen LogP contribution in [-0.2, 0) is 6.42 Å². The zero-order valence-corrected chi connectivity index (χ0v) is 11.9. The predicted molar refractivity (Wildman–Crippen MR) is 76.9 cm³/mol. The third-order valence-corrected chi connectivity index (χ3v) is 3.48. The second-order valence-electron chi connectivity index (χ2n) is 4.32. The Kier molecular flexibility index (Phi) is 7.13. The Morgan fingerprint density at radius 1 is 1.44 bits per heavy atom. The summed E-state index contributed by atoms with van der Waals surface area (Å²) in [6.07, 6.45) is 4.61. The first-order chi connectivity index (χ1) is 8.67. The Balaban J connectivity index is 2.64. The Hall–Kier alpha value is -0.740. The van der Waals surface area contributed by atoms with Crippen LogP contribution in [0, 0.1) is 5.82 Å². The molecule has 0 fully saturated rings. The molecule has 0 aliphatic carbocycles. The maximum absolute atomic E-state index is 13.2. The molecule has 0 aliphatic rings. The molecule has 0 aliphatic heterocycles. The van der Waals surface area contributed by atoms with Gasteiger partial charge in [-0.3, -0.25) is 0 Å². The summed E-state index contributed by atoms with van der Waals surface area (Å²) in [4.78, 5) is 0. The SMILES string of the molecule is CCC(N)Cc1cc(F)ccc1OCCCSC. The summed E-state index contributed by atoms with van der Waals surface area (Å²) >= 11 is 1.80. The van der Waals surface area contributed by atoms with Gasteiger partial charge >= 0.3 is 0 Å². The first-order valence-corrected chi connectivity index (χ1v) is 7.72. The molecule has 1 atom stereocenters. The van der Waals surface area contributed by atoms with Gasteiger partial charge < -0.3 is 10.5 Å². The molecule has 1 aromatic carbocycles. The molecule has 2 N–H and O–H groups in total. The Labute approximate surface area is 113 Å². The minimum atomic E-state index is -0.232. The highest BCUT2D eigenvalue weighted by atomic mass is 32.2. The fourth-order valence-corrected chi connectivity index (χ4v) is 2.07. The lowest BCUT2D eigenvalue weighted by Gasteiger charge is -2.14. The third-order valence-electron chi connectivity index (χ3n) is 2.78. The Morgan fingerprint density at radius 3 is 2.89 bits per heavy atom. The molecular weight excluding hydrogens is 249 g/mol. The lowest BCUT2D eigenvalue weighted by atomic mass is 10.0. The molecule has 0 amide bonds. The van der Waals surface area contributed by atoms with E-state index in [0.29, 0.717) is 13.0 Å². The molecule has 18 heavy (non-hydrogen) atoms. The molecule has 0 heterocycles. The van der Waals surface area contributed by atoms with Crippen LogP contribution in [0.4, 0.5) is 4.39 Å². The van der Waals surface area contributed by atoms with Crippen molar-refractivity contribution >= 4 is 11.8 Å². The Morgan fingerprint density at radius 2 is 2.22 bits per heavy atom. The molecule has 0 saturated heterocycles. The fourth-order valence-electron chi connectivity index (χ4n) is 1.66. The second kappa shape index (κ2) is 8.38. The van der Waals surface area contributed by atoms with Crippen molar-refractivity contribution in [3.8, 4) is 5.75 Å². The molecule has 0 saturated carbocycles. The van der Waals surface area contributed by atoms with Crippen LogP contribution in [0.25, 0.3) is 0 Å². The molecule has 2 nitrogen and oxygen atoms in total. The van der Waals surface area contributed by atoms with E-state index >= 15 is 0 Å². The van der Waals surface area contributed by atoms with Gasteiger partial charge in [0.15, 0.2) is 0 Å². The van der Waals surface area contributed by atoms with Crippen molar-refractivity contribution in [1.82, 2.24) is 0 Å². The number of hydrogen-bond donors (Lipinski definition) is 1.